The maximum atomic E-state index is 12.7. The second kappa shape index (κ2) is 12.1. The average Bonchev–Trinajstić information content (AvgIpc) is 2.86. The number of rotatable bonds is 10. The van der Waals surface area contributed by atoms with E-state index in [9.17, 15) is 14.7 Å². The Labute approximate surface area is 219 Å². The standard InChI is InChI=1S/C27H27Cl2N3O4/c28-21-9-2-10-22(29)24(21)26(33)32-23(27(34)35)16-17-5-1-8-20(15-17)36-14-4-7-19-12-11-18-6-3-13-30-25(18)31-19/h1-2,5,8-12,15,23H,3-4,6-7,13-14,16H2,(H,30,31)(H,32,33)(H,34,35). The van der Waals surface area contributed by atoms with Crippen molar-refractivity contribution < 1.29 is 19.4 Å². The first-order valence-corrected chi connectivity index (χ1v) is 12.6. The molecular formula is C27H27Cl2N3O4. The number of aliphatic carboxylic acids is 1. The predicted octanol–water partition coefficient (Wildman–Crippen LogP) is 5.18. The highest BCUT2D eigenvalue weighted by Crippen LogP contribution is 2.25. The second-order valence-electron chi connectivity index (χ2n) is 8.61. The van der Waals surface area contributed by atoms with E-state index in [0.29, 0.717) is 17.9 Å². The van der Waals surface area contributed by atoms with Crippen LogP contribution in [0.3, 0.4) is 0 Å². The van der Waals surface area contributed by atoms with Gasteiger partial charge in [-0.1, -0.05) is 47.5 Å². The number of nitrogens with zero attached hydrogens (tertiary/aromatic N) is 1. The number of aromatic nitrogens is 1. The van der Waals surface area contributed by atoms with E-state index in [1.54, 1.807) is 24.3 Å². The summed E-state index contributed by atoms with van der Waals surface area (Å²) in [7, 11) is 0. The van der Waals surface area contributed by atoms with Gasteiger partial charge < -0.3 is 20.5 Å². The summed E-state index contributed by atoms with van der Waals surface area (Å²) in [6, 6.07) is 14.9. The molecule has 1 amide bonds. The number of halogens is 2. The third-order valence-electron chi connectivity index (χ3n) is 5.93. The molecule has 3 N–H and O–H groups in total. The first kappa shape index (κ1) is 25.8. The van der Waals surface area contributed by atoms with Crippen LogP contribution < -0.4 is 15.4 Å². The zero-order valence-electron chi connectivity index (χ0n) is 19.6. The summed E-state index contributed by atoms with van der Waals surface area (Å²) >= 11 is 12.2. The number of carboxylic acid groups (broad SMARTS) is 1. The quantitative estimate of drug-likeness (QED) is 0.314. The molecule has 0 saturated heterocycles. The van der Waals surface area contributed by atoms with Crippen LogP contribution in [0.2, 0.25) is 10.0 Å². The number of benzene rings is 2. The maximum Gasteiger partial charge on any atom is 0.326 e. The highest BCUT2D eigenvalue weighted by atomic mass is 35.5. The van der Waals surface area contributed by atoms with E-state index in [0.717, 1.165) is 43.7 Å². The maximum absolute atomic E-state index is 12.7. The lowest BCUT2D eigenvalue weighted by Crippen LogP contribution is -2.42. The van der Waals surface area contributed by atoms with Gasteiger partial charge in [-0.3, -0.25) is 4.79 Å². The van der Waals surface area contributed by atoms with Crippen LogP contribution in [-0.2, 0) is 24.1 Å². The van der Waals surface area contributed by atoms with E-state index in [2.05, 4.69) is 22.8 Å². The molecule has 7 nitrogen and oxygen atoms in total. The van der Waals surface area contributed by atoms with Crippen LogP contribution in [0.4, 0.5) is 5.82 Å². The van der Waals surface area contributed by atoms with Gasteiger partial charge in [-0.15, -0.1) is 0 Å². The summed E-state index contributed by atoms with van der Waals surface area (Å²) in [5, 5.41) is 15.8. The number of hydrogen-bond donors (Lipinski definition) is 3. The van der Waals surface area contributed by atoms with Crippen LogP contribution >= 0.6 is 23.2 Å². The molecule has 2 heterocycles. The molecule has 1 aliphatic heterocycles. The summed E-state index contributed by atoms with van der Waals surface area (Å²) in [6.07, 6.45) is 3.87. The van der Waals surface area contributed by atoms with Crippen LogP contribution in [0.5, 0.6) is 5.75 Å². The number of pyridine rings is 1. The van der Waals surface area contributed by atoms with Gasteiger partial charge in [0.15, 0.2) is 0 Å². The van der Waals surface area contributed by atoms with Crippen LogP contribution in [-0.4, -0.2) is 41.2 Å². The number of fused-ring (bicyclic) bond motifs is 1. The van der Waals surface area contributed by atoms with Crippen molar-refractivity contribution in [3.8, 4) is 5.75 Å². The number of carbonyl (C=O) groups is 2. The third kappa shape index (κ3) is 6.68. The molecule has 2 aromatic carbocycles. The first-order valence-electron chi connectivity index (χ1n) is 11.8. The molecule has 1 atom stereocenters. The number of nitrogens with one attached hydrogen (secondary N) is 2. The van der Waals surface area contributed by atoms with E-state index in [1.165, 1.54) is 17.7 Å². The van der Waals surface area contributed by atoms with Crippen molar-refractivity contribution in [3.63, 3.8) is 0 Å². The molecule has 0 fully saturated rings. The Morgan fingerprint density at radius 1 is 1.11 bits per heavy atom. The minimum atomic E-state index is -1.16. The van der Waals surface area contributed by atoms with Gasteiger partial charge in [-0.2, -0.15) is 0 Å². The molecule has 0 saturated carbocycles. The Hall–Kier alpha value is -3.29. The first-order chi connectivity index (χ1) is 17.4. The fraction of sp³-hybridized carbons (Fsp3) is 0.296. The van der Waals surface area contributed by atoms with Crippen LogP contribution in [0.25, 0.3) is 0 Å². The molecule has 0 aliphatic carbocycles. The summed E-state index contributed by atoms with van der Waals surface area (Å²) in [5.41, 5.74) is 3.06. The summed E-state index contributed by atoms with van der Waals surface area (Å²) in [4.78, 5) is 29.2. The molecule has 1 aliphatic rings. The van der Waals surface area contributed by atoms with Gasteiger partial charge in [0.2, 0.25) is 0 Å². The van der Waals surface area contributed by atoms with Crippen molar-refractivity contribution in [2.24, 2.45) is 0 Å². The van der Waals surface area contributed by atoms with Gasteiger partial charge in [-0.25, -0.2) is 9.78 Å². The molecule has 0 radical (unpaired) electrons. The van der Waals surface area contributed by atoms with Gasteiger partial charge in [0.05, 0.1) is 22.2 Å². The van der Waals surface area contributed by atoms with Crippen molar-refractivity contribution in [1.82, 2.24) is 10.3 Å². The Morgan fingerprint density at radius 3 is 2.67 bits per heavy atom. The van der Waals surface area contributed by atoms with E-state index >= 15 is 0 Å². The zero-order chi connectivity index (χ0) is 25.5. The smallest absolute Gasteiger partial charge is 0.326 e. The Kier molecular flexibility index (Phi) is 8.67. The topological polar surface area (TPSA) is 101 Å². The van der Waals surface area contributed by atoms with Crippen molar-refractivity contribution in [2.75, 3.05) is 18.5 Å². The molecule has 3 aromatic rings. The Balaban J connectivity index is 1.31. The zero-order valence-corrected chi connectivity index (χ0v) is 21.1. The molecule has 4 rings (SSSR count). The fourth-order valence-corrected chi connectivity index (χ4v) is 4.66. The van der Waals surface area contributed by atoms with Crippen LogP contribution in [0.15, 0.2) is 54.6 Å². The lowest BCUT2D eigenvalue weighted by Gasteiger charge is -2.17. The SMILES string of the molecule is O=C(NC(Cc1cccc(OCCCc2ccc3c(n2)NCCC3)c1)C(=O)O)c1c(Cl)cccc1Cl. The van der Waals surface area contributed by atoms with Crippen molar-refractivity contribution >= 4 is 40.9 Å². The lowest BCUT2D eigenvalue weighted by molar-refractivity contribution is -0.139. The summed E-state index contributed by atoms with van der Waals surface area (Å²) < 4.78 is 5.89. The Bertz CT molecular complexity index is 1230. The number of aryl methyl sites for hydroxylation is 2. The monoisotopic (exact) mass is 527 g/mol. The van der Waals surface area contributed by atoms with Crippen molar-refractivity contribution in [2.45, 2.75) is 38.1 Å². The van der Waals surface area contributed by atoms with Gasteiger partial charge >= 0.3 is 5.97 Å². The minimum absolute atomic E-state index is 0.0494. The third-order valence-corrected chi connectivity index (χ3v) is 6.56. The molecule has 0 spiro atoms. The lowest BCUT2D eigenvalue weighted by atomic mass is 10.0. The van der Waals surface area contributed by atoms with E-state index < -0.39 is 17.9 Å². The number of carboxylic acids is 1. The van der Waals surface area contributed by atoms with Gasteiger partial charge in [0, 0.05) is 18.7 Å². The molecule has 36 heavy (non-hydrogen) atoms. The van der Waals surface area contributed by atoms with Crippen LogP contribution in [0, 0.1) is 0 Å². The molecule has 0 bridgehead atoms. The Morgan fingerprint density at radius 2 is 1.89 bits per heavy atom. The number of anilines is 1. The van der Waals surface area contributed by atoms with E-state index in [4.69, 9.17) is 32.9 Å². The average molecular weight is 528 g/mol. The van der Waals surface area contributed by atoms with Gasteiger partial charge in [0.1, 0.15) is 17.6 Å². The van der Waals surface area contributed by atoms with Crippen LogP contribution in [0.1, 0.15) is 40.0 Å². The number of carbonyl (C=O) groups excluding carboxylic acids is 1. The predicted molar refractivity (Wildman–Crippen MR) is 140 cm³/mol. The van der Waals surface area contributed by atoms with E-state index in [-0.39, 0.29) is 22.0 Å². The fourth-order valence-electron chi connectivity index (χ4n) is 4.09. The molecule has 1 unspecified atom stereocenters. The second-order valence-corrected chi connectivity index (χ2v) is 9.42. The van der Waals surface area contributed by atoms with Gasteiger partial charge in [-0.05, 0) is 67.1 Å². The molecule has 9 heteroatoms. The summed E-state index contributed by atoms with van der Waals surface area (Å²) in [6.45, 7) is 1.46. The number of hydrogen-bond acceptors (Lipinski definition) is 5. The number of amides is 1. The van der Waals surface area contributed by atoms with Gasteiger partial charge in [0.25, 0.3) is 5.91 Å². The minimum Gasteiger partial charge on any atom is -0.494 e. The van der Waals surface area contributed by atoms with E-state index in [1.807, 2.05) is 6.07 Å². The molecular weight excluding hydrogens is 501 g/mol. The highest BCUT2D eigenvalue weighted by molar-refractivity contribution is 6.39. The molecule has 1 aromatic heterocycles. The largest absolute Gasteiger partial charge is 0.494 e. The van der Waals surface area contributed by atoms with Crippen molar-refractivity contribution in [3.05, 3.63) is 87.0 Å². The highest BCUT2D eigenvalue weighted by Gasteiger charge is 2.24. The van der Waals surface area contributed by atoms with Crippen molar-refractivity contribution in [1.29, 1.82) is 0 Å². The normalized spacial score (nSPS) is 13.3. The summed E-state index contributed by atoms with van der Waals surface area (Å²) in [5.74, 6) is -0.178. The molecule has 188 valence electrons. The number of ether oxygens (including phenoxy) is 1.